The number of amides is 1. The summed E-state index contributed by atoms with van der Waals surface area (Å²) in [5.74, 6) is -0.531. The topological polar surface area (TPSA) is 84.6 Å². The van der Waals surface area contributed by atoms with Crippen molar-refractivity contribution in [2.45, 2.75) is 44.9 Å². The fraction of sp³-hybridized carbons (Fsp3) is 0.467. The normalized spacial score (nSPS) is 15.7. The number of hydrogen-bond acceptors (Lipinski definition) is 4. The van der Waals surface area contributed by atoms with Crippen LogP contribution in [0, 0.1) is 10.1 Å². The Morgan fingerprint density at radius 3 is 2.38 bits per heavy atom. The molecular weight excluding hydrogens is 270 g/mol. The molecule has 0 bridgehead atoms. The number of nitrogens with one attached hydrogen (secondary N) is 1. The molecule has 1 aromatic rings. The minimum Gasteiger partial charge on any atom is -0.267 e. The van der Waals surface area contributed by atoms with Crippen LogP contribution in [0.5, 0.6) is 0 Å². The van der Waals surface area contributed by atoms with Gasteiger partial charge in [-0.25, -0.2) is 5.43 Å². The number of para-hydroxylation sites is 1. The first-order valence-corrected chi connectivity index (χ1v) is 7.27. The van der Waals surface area contributed by atoms with Crippen molar-refractivity contribution in [3.63, 3.8) is 0 Å². The molecule has 1 fully saturated rings. The average molecular weight is 289 g/mol. The van der Waals surface area contributed by atoms with E-state index >= 15 is 0 Å². The van der Waals surface area contributed by atoms with E-state index in [4.69, 9.17) is 0 Å². The van der Waals surface area contributed by atoms with Crippen LogP contribution in [-0.2, 0) is 0 Å². The van der Waals surface area contributed by atoms with Crippen molar-refractivity contribution in [1.29, 1.82) is 0 Å². The van der Waals surface area contributed by atoms with Crippen LogP contribution in [0.1, 0.15) is 55.3 Å². The number of hydrazone groups is 1. The molecule has 1 N–H and O–H groups in total. The zero-order valence-corrected chi connectivity index (χ0v) is 11.9. The SMILES string of the molecule is O=C(NN=C1CCCCCCC1)c1ccccc1[N+](=O)[O-]. The average Bonchev–Trinajstić information content (AvgIpc) is 2.45. The van der Waals surface area contributed by atoms with Gasteiger partial charge in [-0.1, -0.05) is 31.4 Å². The first kappa shape index (κ1) is 15.2. The maximum absolute atomic E-state index is 12.0. The quantitative estimate of drug-likeness (QED) is 0.683. The monoisotopic (exact) mass is 289 g/mol. The van der Waals surface area contributed by atoms with Gasteiger partial charge in [0.15, 0.2) is 0 Å². The highest BCUT2D eigenvalue weighted by molar-refractivity contribution is 5.98. The fourth-order valence-electron chi connectivity index (χ4n) is 2.44. The summed E-state index contributed by atoms with van der Waals surface area (Å²) in [6.07, 6.45) is 7.58. The van der Waals surface area contributed by atoms with Gasteiger partial charge in [0, 0.05) is 11.8 Å². The first-order valence-electron chi connectivity index (χ1n) is 7.27. The van der Waals surface area contributed by atoms with Gasteiger partial charge >= 0.3 is 0 Å². The Balaban J connectivity index is 2.05. The Kier molecular flexibility index (Phi) is 5.43. The van der Waals surface area contributed by atoms with Crippen LogP contribution < -0.4 is 5.43 Å². The van der Waals surface area contributed by atoms with E-state index in [0.29, 0.717) is 0 Å². The maximum atomic E-state index is 12.0. The highest BCUT2D eigenvalue weighted by Crippen LogP contribution is 2.18. The van der Waals surface area contributed by atoms with Crippen molar-refractivity contribution in [2.24, 2.45) is 5.10 Å². The van der Waals surface area contributed by atoms with Crippen LogP contribution in [0.25, 0.3) is 0 Å². The molecule has 0 atom stereocenters. The Hall–Kier alpha value is -2.24. The van der Waals surface area contributed by atoms with Crippen LogP contribution in [0.3, 0.4) is 0 Å². The third kappa shape index (κ3) is 4.37. The lowest BCUT2D eigenvalue weighted by molar-refractivity contribution is -0.385. The third-order valence-electron chi connectivity index (χ3n) is 3.59. The number of rotatable bonds is 3. The minimum absolute atomic E-state index is 0.0395. The molecule has 1 aromatic carbocycles. The van der Waals surface area contributed by atoms with Crippen LogP contribution in [0.2, 0.25) is 0 Å². The Morgan fingerprint density at radius 1 is 1.10 bits per heavy atom. The number of carbonyl (C=O) groups is 1. The van der Waals surface area contributed by atoms with Gasteiger partial charge in [-0.05, 0) is 31.7 Å². The summed E-state index contributed by atoms with van der Waals surface area (Å²) in [5.41, 5.74) is 3.27. The maximum Gasteiger partial charge on any atom is 0.282 e. The predicted octanol–water partition coefficient (Wildman–Crippen LogP) is 3.42. The van der Waals surface area contributed by atoms with Crippen molar-refractivity contribution in [1.82, 2.24) is 5.43 Å². The number of nitro groups is 1. The van der Waals surface area contributed by atoms with E-state index in [1.807, 2.05) is 0 Å². The van der Waals surface area contributed by atoms with Crippen LogP contribution >= 0.6 is 0 Å². The number of hydrogen-bond donors (Lipinski definition) is 1. The van der Waals surface area contributed by atoms with Gasteiger partial charge < -0.3 is 0 Å². The van der Waals surface area contributed by atoms with Gasteiger partial charge in [-0.2, -0.15) is 5.10 Å². The number of benzene rings is 1. The Morgan fingerprint density at radius 2 is 1.71 bits per heavy atom. The molecule has 0 aromatic heterocycles. The fourth-order valence-corrected chi connectivity index (χ4v) is 2.44. The molecule has 1 aliphatic carbocycles. The van der Waals surface area contributed by atoms with E-state index in [1.165, 1.54) is 37.5 Å². The predicted molar refractivity (Wildman–Crippen MR) is 80.3 cm³/mol. The van der Waals surface area contributed by atoms with Crippen molar-refractivity contribution in [3.8, 4) is 0 Å². The molecule has 0 unspecified atom stereocenters. The summed E-state index contributed by atoms with van der Waals surface area (Å²) in [4.78, 5) is 22.4. The van der Waals surface area contributed by atoms with Crippen LogP contribution in [-0.4, -0.2) is 16.5 Å². The van der Waals surface area contributed by atoms with Crippen LogP contribution in [0.15, 0.2) is 29.4 Å². The van der Waals surface area contributed by atoms with E-state index in [9.17, 15) is 14.9 Å². The largest absolute Gasteiger partial charge is 0.282 e. The van der Waals surface area contributed by atoms with Gasteiger partial charge in [-0.15, -0.1) is 0 Å². The second-order valence-electron chi connectivity index (χ2n) is 5.16. The lowest BCUT2D eigenvalue weighted by Crippen LogP contribution is -2.21. The first-order chi connectivity index (χ1) is 10.2. The van der Waals surface area contributed by atoms with Crippen LogP contribution in [0.4, 0.5) is 5.69 Å². The molecule has 0 spiro atoms. The zero-order valence-electron chi connectivity index (χ0n) is 11.9. The molecule has 1 saturated carbocycles. The van der Waals surface area contributed by atoms with Crippen molar-refractivity contribution in [3.05, 3.63) is 39.9 Å². The molecule has 2 rings (SSSR count). The number of carbonyl (C=O) groups excluding carboxylic acids is 1. The molecule has 21 heavy (non-hydrogen) atoms. The van der Waals surface area contributed by atoms with Gasteiger partial charge in [0.1, 0.15) is 5.56 Å². The third-order valence-corrected chi connectivity index (χ3v) is 3.59. The molecule has 0 aliphatic heterocycles. The second-order valence-corrected chi connectivity index (χ2v) is 5.16. The zero-order chi connectivity index (χ0) is 15.1. The van der Waals surface area contributed by atoms with E-state index < -0.39 is 10.8 Å². The summed E-state index contributed by atoms with van der Waals surface area (Å²) >= 11 is 0. The summed E-state index contributed by atoms with van der Waals surface area (Å²) in [5, 5.41) is 15.1. The highest BCUT2D eigenvalue weighted by Gasteiger charge is 2.18. The second kappa shape index (κ2) is 7.52. The van der Waals surface area contributed by atoms with E-state index in [2.05, 4.69) is 10.5 Å². The van der Waals surface area contributed by atoms with Gasteiger partial charge in [-0.3, -0.25) is 14.9 Å². The van der Waals surface area contributed by atoms with Gasteiger partial charge in [0.25, 0.3) is 11.6 Å². The molecule has 1 amide bonds. The summed E-state index contributed by atoms with van der Waals surface area (Å²) in [6.45, 7) is 0. The molecule has 0 saturated heterocycles. The molecule has 6 nitrogen and oxygen atoms in total. The van der Waals surface area contributed by atoms with Crippen molar-refractivity contribution < 1.29 is 9.72 Å². The molecule has 0 radical (unpaired) electrons. The summed E-state index contributed by atoms with van der Waals surface area (Å²) in [6, 6.07) is 5.89. The molecular formula is C15H19N3O3. The number of nitrogens with zero attached hydrogens (tertiary/aromatic N) is 2. The smallest absolute Gasteiger partial charge is 0.267 e. The van der Waals surface area contributed by atoms with Crippen molar-refractivity contribution >= 4 is 17.3 Å². The standard InChI is InChI=1S/C15H19N3O3/c19-15(13-10-6-7-11-14(13)18(20)21)17-16-12-8-4-2-1-3-5-9-12/h6-7,10-11H,1-5,8-9H2,(H,17,19). The van der Waals surface area contributed by atoms with E-state index in [1.54, 1.807) is 6.07 Å². The molecule has 6 heteroatoms. The lowest BCUT2D eigenvalue weighted by atomic mass is 9.99. The molecule has 0 heterocycles. The minimum atomic E-state index is -0.558. The highest BCUT2D eigenvalue weighted by atomic mass is 16.6. The Bertz CT molecular complexity index is 545. The molecule has 112 valence electrons. The van der Waals surface area contributed by atoms with E-state index in [-0.39, 0.29) is 11.3 Å². The molecule has 1 aliphatic rings. The summed E-state index contributed by atoms with van der Waals surface area (Å²) in [7, 11) is 0. The number of nitro benzene ring substituents is 1. The van der Waals surface area contributed by atoms with Crippen molar-refractivity contribution in [2.75, 3.05) is 0 Å². The van der Waals surface area contributed by atoms with E-state index in [0.717, 1.165) is 31.4 Å². The van der Waals surface area contributed by atoms with Gasteiger partial charge in [0.05, 0.1) is 4.92 Å². The Labute approximate surface area is 123 Å². The lowest BCUT2D eigenvalue weighted by Gasteiger charge is -2.11. The summed E-state index contributed by atoms with van der Waals surface area (Å²) < 4.78 is 0. The van der Waals surface area contributed by atoms with Gasteiger partial charge in [0.2, 0.25) is 0 Å².